The molecule has 226 valence electrons. The molecule has 1 aromatic heterocycles. The summed E-state index contributed by atoms with van der Waals surface area (Å²) in [6.45, 7) is 3.57. The third-order valence-electron chi connectivity index (χ3n) is 6.57. The third kappa shape index (κ3) is 7.09. The number of aliphatic hydroxyl groups is 2. The fraction of sp³-hybridized carbons (Fsp3) is 0.161. The van der Waals surface area contributed by atoms with Gasteiger partial charge in [0.05, 0.1) is 5.57 Å². The van der Waals surface area contributed by atoms with Gasteiger partial charge in [-0.15, -0.1) is 0 Å². The quantitative estimate of drug-likeness (QED) is 0.188. The van der Waals surface area contributed by atoms with Crippen molar-refractivity contribution in [1.29, 1.82) is 0 Å². The second-order valence-electron chi connectivity index (χ2n) is 9.70. The number of nitrogens with one attached hydrogen (secondary N) is 3. The van der Waals surface area contributed by atoms with E-state index in [1.165, 1.54) is 47.2 Å². The number of aliphatic hydroxyl groups excluding tert-OH is 2. The summed E-state index contributed by atoms with van der Waals surface area (Å²) in [5.74, 6) is -0.171. The molecular formula is C31H30FN7O5. The lowest BCUT2D eigenvalue weighted by Gasteiger charge is -2.43. The van der Waals surface area contributed by atoms with Crippen LogP contribution < -0.4 is 25.6 Å². The molecule has 0 saturated carbocycles. The highest BCUT2D eigenvalue weighted by molar-refractivity contribution is 6.05. The van der Waals surface area contributed by atoms with Gasteiger partial charge in [-0.3, -0.25) is 14.5 Å². The fourth-order valence-electron chi connectivity index (χ4n) is 4.42. The van der Waals surface area contributed by atoms with Gasteiger partial charge in [-0.1, -0.05) is 0 Å². The minimum atomic E-state index is -1.49. The van der Waals surface area contributed by atoms with Gasteiger partial charge in [0.25, 0.3) is 5.91 Å². The van der Waals surface area contributed by atoms with Crippen LogP contribution in [0.1, 0.15) is 13.8 Å². The Morgan fingerprint density at radius 1 is 0.909 bits per heavy atom. The molecule has 2 heterocycles. The first kappa shape index (κ1) is 29.9. The summed E-state index contributed by atoms with van der Waals surface area (Å²) in [4.78, 5) is 35.7. The summed E-state index contributed by atoms with van der Waals surface area (Å²) in [7, 11) is 0. The molecule has 0 aliphatic carbocycles. The lowest BCUT2D eigenvalue weighted by Crippen LogP contribution is -2.57. The molecule has 3 aromatic carbocycles. The van der Waals surface area contributed by atoms with Crippen LogP contribution in [0.2, 0.25) is 0 Å². The fourth-order valence-corrected chi connectivity index (χ4v) is 4.42. The molecule has 12 nitrogen and oxygen atoms in total. The van der Waals surface area contributed by atoms with Crippen LogP contribution in [-0.2, 0) is 9.59 Å². The minimum absolute atomic E-state index is 0.00688. The zero-order valence-electron chi connectivity index (χ0n) is 23.8. The molecule has 0 saturated heterocycles. The number of nitrogens with zero attached hydrogens (tertiary/aromatic N) is 4. The van der Waals surface area contributed by atoms with Crippen molar-refractivity contribution in [2.75, 3.05) is 27.4 Å². The number of halogens is 1. The Labute approximate surface area is 252 Å². The smallest absolute Gasteiger partial charge is 0.257 e. The highest BCUT2D eigenvalue weighted by Gasteiger charge is 2.37. The molecule has 0 fully saturated rings. The maximum absolute atomic E-state index is 13.5. The van der Waals surface area contributed by atoms with Crippen LogP contribution in [0.5, 0.6) is 11.6 Å². The number of amides is 2. The number of carbonyl (C=O) groups is 2. The van der Waals surface area contributed by atoms with Crippen LogP contribution in [0.15, 0.2) is 96.8 Å². The first-order valence-electron chi connectivity index (χ1n) is 13.6. The topological polar surface area (TPSA) is 152 Å². The number of hydrogen-bond donors (Lipinski definition) is 5. The summed E-state index contributed by atoms with van der Waals surface area (Å²) < 4.78 is 19.3. The normalized spacial score (nSPS) is 16.2. The molecule has 2 unspecified atom stereocenters. The van der Waals surface area contributed by atoms with Crippen LogP contribution in [0.4, 0.5) is 33.1 Å². The molecule has 1 aliphatic heterocycles. The Morgan fingerprint density at radius 2 is 1.55 bits per heavy atom. The van der Waals surface area contributed by atoms with E-state index in [9.17, 15) is 24.2 Å². The first-order valence-corrected chi connectivity index (χ1v) is 13.6. The SMILES string of the molecule is CCN1C=C(C(=O)Nc2ccc(Oc3ccnc(Nc4ccc(NC(C)=O)cc4)n3)cc2)C(O)N(c2ccc(F)cc2)C1O. The van der Waals surface area contributed by atoms with Crippen LogP contribution in [0, 0.1) is 5.82 Å². The van der Waals surface area contributed by atoms with Gasteiger partial charge in [-0.25, -0.2) is 9.37 Å². The third-order valence-corrected chi connectivity index (χ3v) is 6.57. The van der Waals surface area contributed by atoms with E-state index in [4.69, 9.17) is 4.74 Å². The van der Waals surface area contributed by atoms with Crippen LogP contribution in [-0.4, -0.2) is 56.0 Å². The van der Waals surface area contributed by atoms with Crippen molar-refractivity contribution in [3.05, 3.63) is 103 Å². The molecule has 1 aliphatic rings. The molecule has 5 rings (SSSR count). The van der Waals surface area contributed by atoms with Crippen molar-refractivity contribution in [3.8, 4) is 11.6 Å². The number of carbonyl (C=O) groups excluding carboxylic acids is 2. The zero-order chi connectivity index (χ0) is 31.2. The summed E-state index contributed by atoms with van der Waals surface area (Å²) in [6.07, 6.45) is 0.193. The highest BCUT2D eigenvalue weighted by Crippen LogP contribution is 2.29. The molecule has 13 heteroatoms. The first-order chi connectivity index (χ1) is 21.2. The largest absolute Gasteiger partial charge is 0.439 e. The standard InChI is InChI=1S/C31H30FN7O5/c1-3-38-18-26(29(42)39(31(38)43)24-12-4-20(32)5-13-24)28(41)35-22-10-14-25(15-11-22)44-27-16-17-33-30(37-27)36-23-8-6-21(7-9-23)34-19(2)40/h4-18,29,31,42-43H,3H2,1-2H3,(H,34,40)(H,35,41)(H,33,36,37). The summed E-state index contributed by atoms with van der Waals surface area (Å²) in [5, 5.41) is 30.3. The van der Waals surface area contributed by atoms with Crippen molar-refractivity contribution in [2.24, 2.45) is 0 Å². The number of rotatable bonds is 9. The van der Waals surface area contributed by atoms with Crippen molar-refractivity contribution < 1.29 is 28.9 Å². The molecule has 0 bridgehead atoms. The Kier molecular flexibility index (Phi) is 8.98. The molecule has 2 amide bonds. The van der Waals surface area contributed by atoms with Gasteiger partial charge in [0.15, 0.2) is 6.23 Å². The Bertz CT molecular complexity index is 1650. The molecular weight excluding hydrogens is 569 g/mol. The van der Waals surface area contributed by atoms with E-state index in [1.54, 1.807) is 67.7 Å². The molecule has 2 atom stereocenters. The summed E-state index contributed by atoms with van der Waals surface area (Å²) >= 11 is 0. The molecule has 5 N–H and O–H groups in total. The van der Waals surface area contributed by atoms with E-state index in [0.29, 0.717) is 41.0 Å². The Hall–Kier alpha value is -5.53. The van der Waals surface area contributed by atoms with Gasteiger partial charge in [0.1, 0.15) is 11.6 Å². The second-order valence-corrected chi connectivity index (χ2v) is 9.70. The van der Waals surface area contributed by atoms with Crippen molar-refractivity contribution in [3.63, 3.8) is 0 Å². The van der Waals surface area contributed by atoms with Crippen molar-refractivity contribution in [2.45, 2.75) is 26.4 Å². The lowest BCUT2D eigenvalue weighted by molar-refractivity contribution is -0.115. The van der Waals surface area contributed by atoms with Gasteiger partial charge in [-0.2, -0.15) is 4.98 Å². The highest BCUT2D eigenvalue weighted by atomic mass is 19.1. The van der Waals surface area contributed by atoms with Crippen LogP contribution in [0.3, 0.4) is 0 Å². The van der Waals surface area contributed by atoms with E-state index in [2.05, 4.69) is 25.9 Å². The van der Waals surface area contributed by atoms with E-state index < -0.39 is 24.3 Å². The molecule has 0 spiro atoms. The maximum Gasteiger partial charge on any atom is 0.257 e. The monoisotopic (exact) mass is 599 g/mol. The molecule has 0 radical (unpaired) electrons. The number of ether oxygens (including phenoxy) is 1. The molecule has 4 aromatic rings. The van der Waals surface area contributed by atoms with Crippen LogP contribution >= 0.6 is 0 Å². The lowest BCUT2D eigenvalue weighted by atomic mass is 10.1. The van der Waals surface area contributed by atoms with E-state index in [-0.39, 0.29) is 17.4 Å². The van der Waals surface area contributed by atoms with E-state index >= 15 is 0 Å². The van der Waals surface area contributed by atoms with Gasteiger partial charge in [-0.05, 0) is 79.7 Å². The van der Waals surface area contributed by atoms with Gasteiger partial charge in [0, 0.05) is 54.7 Å². The van der Waals surface area contributed by atoms with Gasteiger partial charge < -0.3 is 35.8 Å². The van der Waals surface area contributed by atoms with Crippen molar-refractivity contribution >= 4 is 40.5 Å². The van der Waals surface area contributed by atoms with Crippen LogP contribution in [0.25, 0.3) is 0 Å². The number of benzene rings is 3. The number of hydrogen-bond acceptors (Lipinski definition) is 10. The Balaban J connectivity index is 1.23. The summed E-state index contributed by atoms with van der Waals surface area (Å²) in [5.41, 5.74) is 2.15. The van der Waals surface area contributed by atoms with E-state index in [1.807, 2.05) is 0 Å². The number of aromatic nitrogens is 2. The van der Waals surface area contributed by atoms with Gasteiger partial charge in [0.2, 0.25) is 24.1 Å². The minimum Gasteiger partial charge on any atom is -0.439 e. The average molecular weight is 600 g/mol. The van der Waals surface area contributed by atoms with Crippen molar-refractivity contribution in [1.82, 2.24) is 14.9 Å². The average Bonchev–Trinajstić information content (AvgIpc) is 3.00. The second kappa shape index (κ2) is 13.2. The Morgan fingerprint density at radius 3 is 2.20 bits per heavy atom. The maximum atomic E-state index is 13.5. The van der Waals surface area contributed by atoms with Gasteiger partial charge >= 0.3 is 0 Å². The predicted molar refractivity (Wildman–Crippen MR) is 163 cm³/mol. The molecule has 44 heavy (non-hydrogen) atoms. The summed E-state index contributed by atoms with van der Waals surface area (Å²) in [6, 6.07) is 20.4. The zero-order valence-corrected chi connectivity index (χ0v) is 23.8. The predicted octanol–water partition coefficient (Wildman–Crippen LogP) is 4.37. The number of anilines is 5. The van der Waals surface area contributed by atoms with E-state index in [0.717, 1.165) is 0 Å².